The highest BCUT2D eigenvalue weighted by Crippen LogP contribution is 2.12. The number of rotatable bonds is 3. The number of aromatic nitrogens is 3. The van der Waals surface area contributed by atoms with E-state index in [0.717, 1.165) is 28.6 Å². The number of nitrogens with one attached hydrogen (secondary N) is 1. The van der Waals surface area contributed by atoms with Crippen molar-refractivity contribution in [3.05, 3.63) is 33.8 Å². The van der Waals surface area contributed by atoms with Gasteiger partial charge in [-0.1, -0.05) is 0 Å². The summed E-state index contributed by atoms with van der Waals surface area (Å²) in [5, 5.41) is 3.13. The van der Waals surface area contributed by atoms with Crippen LogP contribution in [0.15, 0.2) is 11.6 Å². The average Bonchev–Trinajstić information content (AvgIpc) is 2.76. The summed E-state index contributed by atoms with van der Waals surface area (Å²) in [5.41, 5.74) is 7.51. The van der Waals surface area contributed by atoms with Gasteiger partial charge in [0.15, 0.2) is 0 Å². The number of aromatic amines is 1. The zero-order valence-electron chi connectivity index (χ0n) is 7.95. The van der Waals surface area contributed by atoms with Crippen LogP contribution in [0.5, 0.6) is 0 Å². The van der Waals surface area contributed by atoms with Gasteiger partial charge in [-0.25, -0.2) is 9.97 Å². The van der Waals surface area contributed by atoms with E-state index in [1.807, 2.05) is 12.3 Å². The minimum absolute atomic E-state index is 0.504. The van der Waals surface area contributed by atoms with E-state index in [2.05, 4.69) is 15.0 Å². The largest absolute Gasteiger partial charge is 0.344 e. The maximum Gasteiger partial charge on any atom is 0.113 e. The molecule has 0 aliphatic rings. The van der Waals surface area contributed by atoms with Crippen LogP contribution in [0.4, 0.5) is 0 Å². The lowest BCUT2D eigenvalue weighted by Gasteiger charge is -1.91. The van der Waals surface area contributed by atoms with E-state index in [-0.39, 0.29) is 0 Å². The van der Waals surface area contributed by atoms with Gasteiger partial charge in [-0.05, 0) is 6.92 Å². The standard InChI is InChI=1S/C9H12N4S/c1-6-5-14-9(12-6)2-8-11-4-7(3-10)13-8/h4-5H,2-3,10H2,1H3,(H,11,13). The quantitative estimate of drug-likeness (QED) is 0.797. The molecule has 0 atom stereocenters. The second-order valence-corrected chi connectivity index (χ2v) is 4.06. The van der Waals surface area contributed by atoms with Gasteiger partial charge in [0.1, 0.15) is 10.8 Å². The number of hydrogen-bond donors (Lipinski definition) is 2. The van der Waals surface area contributed by atoms with Crippen molar-refractivity contribution in [1.29, 1.82) is 0 Å². The van der Waals surface area contributed by atoms with E-state index in [9.17, 15) is 0 Å². The topological polar surface area (TPSA) is 67.6 Å². The number of nitrogens with two attached hydrogens (primary N) is 1. The maximum atomic E-state index is 5.48. The third-order valence-electron chi connectivity index (χ3n) is 1.89. The van der Waals surface area contributed by atoms with E-state index in [1.165, 1.54) is 0 Å². The lowest BCUT2D eigenvalue weighted by atomic mass is 10.4. The average molecular weight is 208 g/mol. The Bertz CT molecular complexity index is 418. The molecule has 0 aliphatic carbocycles. The van der Waals surface area contributed by atoms with Crippen LogP contribution < -0.4 is 5.73 Å². The maximum absolute atomic E-state index is 5.48. The molecule has 74 valence electrons. The molecule has 14 heavy (non-hydrogen) atoms. The van der Waals surface area contributed by atoms with Crippen LogP contribution in [0.1, 0.15) is 22.2 Å². The van der Waals surface area contributed by atoms with Crippen LogP contribution in [0.2, 0.25) is 0 Å². The van der Waals surface area contributed by atoms with E-state index in [0.29, 0.717) is 6.54 Å². The van der Waals surface area contributed by atoms with Gasteiger partial charge in [-0.15, -0.1) is 11.3 Å². The number of imidazole rings is 1. The Kier molecular flexibility index (Phi) is 2.60. The smallest absolute Gasteiger partial charge is 0.113 e. The van der Waals surface area contributed by atoms with E-state index in [4.69, 9.17) is 5.73 Å². The fourth-order valence-electron chi connectivity index (χ4n) is 1.23. The summed E-state index contributed by atoms with van der Waals surface area (Å²) >= 11 is 1.66. The molecule has 5 heteroatoms. The summed E-state index contributed by atoms with van der Waals surface area (Å²) in [6, 6.07) is 0. The third kappa shape index (κ3) is 2.00. The van der Waals surface area contributed by atoms with Gasteiger partial charge in [0.05, 0.1) is 6.42 Å². The van der Waals surface area contributed by atoms with Gasteiger partial charge in [0.25, 0.3) is 0 Å². The molecule has 0 saturated carbocycles. The molecule has 0 bridgehead atoms. The van der Waals surface area contributed by atoms with Gasteiger partial charge in [0, 0.05) is 29.5 Å². The lowest BCUT2D eigenvalue weighted by Crippen LogP contribution is -1.96. The molecule has 0 aliphatic heterocycles. The lowest BCUT2D eigenvalue weighted by molar-refractivity contribution is 0.957. The molecule has 0 fully saturated rings. The van der Waals surface area contributed by atoms with Crippen LogP contribution in [-0.2, 0) is 13.0 Å². The first kappa shape index (κ1) is 9.36. The van der Waals surface area contributed by atoms with Crippen LogP contribution in [-0.4, -0.2) is 15.0 Å². The van der Waals surface area contributed by atoms with Crippen LogP contribution in [0.25, 0.3) is 0 Å². The molecule has 0 amide bonds. The normalized spacial score (nSPS) is 10.7. The molecule has 0 radical (unpaired) electrons. The minimum atomic E-state index is 0.504. The zero-order valence-corrected chi connectivity index (χ0v) is 8.77. The minimum Gasteiger partial charge on any atom is -0.344 e. The van der Waals surface area contributed by atoms with Crippen LogP contribution in [0, 0.1) is 6.92 Å². The van der Waals surface area contributed by atoms with Crippen molar-refractivity contribution in [2.45, 2.75) is 19.9 Å². The number of thiazole rings is 1. The van der Waals surface area contributed by atoms with E-state index >= 15 is 0 Å². The second kappa shape index (κ2) is 3.89. The molecular formula is C9H12N4S. The summed E-state index contributed by atoms with van der Waals surface area (Å²) in [6.45, 7) is 2.50. The number of hydrogen-bond acceptors (Lipinski definition) is 4. The third-order valence-corrected chi connectivity index (χ3v) is 2.85. The summed E-state index contributed by atoms with van der Waals surface area (Å²) in [5.74, 6) is 0.930. The first-order valence-electron chi connectivity index (χ1n) is 4.42. The predicted octanol–water partition coefficient (Wildman–Crippen LogP) is 1.22. The van der Waals surface area contributed by atoms with E-state index < -0.39 is 0 Å². The van der Waals surface area contributed by atoms with Gasteiger partial charge in [0.2, 0.25) is 0 Å². The molecule has 0 spiro atoms. The molecule has 2 rings (SSSR count). The van der Waals surface area contributed by atoms with Gasteiger partial charge >= 0.3 is 0 Å². The summed E-state index contributed by atoms with van der Waals surface area (Å²) in [6.07, 6.45) is 2.54. The Labute approximate surface area is 86.2 Å². The van der Waals surface area contributed by atoms with Crippen molar-refractivity contribution in [3.8, 4) is 0 Å². The number of H-pyrrole nitrogens is 1. The molecule has 2 aromatic heterocycles. The highest BCUT2D eigenvalue weighted by molar-refractivity contribution is 7.09. The Hall–Kier alpha value is -1.20. The molecule has 2 aromatic rings. The zero-order chi connectivity index (χ0) is 9.97. The van der Waals surface area contributed by atoms with Crippen molar-refractivity contribution in [1.82, 2.24) is 15.0 Å². The molecule has 0 unspecified atom stereocenters. The second-order valence-electron chi connectivity index (χ2n) is 3.12. The molecule has 4 nitrogen and oxygen atoms in total. The highest BCUT2D eigenvalue weighted by atomic mass is 32.1. The number of aryl methyl sites for hydroxylation is 1. The van der Waals surface area contributed by atoms with Gasteiger partial charge < -0.3 is 10.7 Å². The van der Waals surface area contributed by atoms with Crippen molar-refractivity contribution >= 4 is 11.3 Å². The predicted molar refractivity (Wildman–Crippen MR) is 56.1 cm³/mol. The summed E-state index contributed by atoms with van der Waals surface area (Å²) in [7, 11) is 0. The van der Waals surface area contributed by atoms with Gasteiger partial charge in [-0.3, -0.25) is 0 Å². The number of nitrogens with zero attached hydrogens (tertiary/aromatic N) is 2. The molecule has 3 N–H and O–H groups in total. The van der Waals surface area contributed by atoms with Crippen LogP contribution in [0.3, 0.4) is 0 Å². The first-order valence-corrected chi connectivity index (χ1v) is 5.29. The molecule has 0 saturated heterocycles. The Balaban J connectivity index is 2.10. The molecule has 0 aromatic carbocycles. The van der Waals surface area contributed by atoms with Gasteiger partial charge in [-0.2, -0.15) is 0 Å². The monoisotopic (exact) mass is 208 g/mol. The van der Waals surface area contributed by atoms with Crippen molar-refractivity contribution in [2.24, 2.45) is 5.73 Å². The van der Waals surface area contributed by atoms with Crippen molar-refractivity contribution in [2.75, 3.05) is 0 Å². The fourth-order valence-corrected chi connectivity index (χ4v) is 2.00. The molecule has 2 heterocycles. The van der Waals surface area contributed by atoms with E-state index in [1.54, 1.807) is 17.5 Å². The van der Waals surface area contributed by atoms with Crippen LogP contribution >= 0.6 is 11.3 Å². The first-order chi connectivity index (χ1) is 6.78. The van der Waals surface area contributed by atoms with Crippen molar-refractivity contribution in [3.63, 3.8) is 0 Å². The Morgan fingerprint density at radius 3 is 3.00 bits per heavy atom. The summed E-state index contributed by atoms with van der Waals surface area (Å²) in [4.78, 5) is 11.7. The highest BCUT2D eigenvalue weighted by Gasteiger charge is 2.03. The fraction of sp³-hybridized carbons (Fsp3) is 0.333. The molecular weight excluding hydrogens is 196 g/mol. The Morgan fingerprint density at radius 2 is 2.43 bits per heavy atom. The SMILES string of the molecule is Cc1csc(Cc2ncc(CN)[nH]2)n1. The van der Waals surface area contributed by atoms with Crippen molar-refractivity contribution < 1.29 is 0 Å². The summed E-state index contributed by atoms with van der Waals surface area (Å²) < 4.78 is 0. The Morgan fingerprint density at radius 1 is 1.57 bits per heavy atom.